The van der Waals surface area contributed by atoms with E-state index >= 15 is 0 Å². The van der Waals surface area contributed by atoms with E-state index < -0.39 is 0 Å². The molecule has 0 bridgehead atoms. The largest absolute Gasteiger partial charge is 0.364 e. The van der Waals surface area contributed by atoms with Crippen LogP contribution in [0, 0.1) is 18.3 Å². The normalized spacial score (nSPS) is 10.8. The molecule has 2 aromatic carbocycles. The van der Waals surface area contributed by atoms with Gasteiger partial charge in [0.25, 0.3) is 0 Å². The molecule has 0 spiro atoms. The second-order valence-electron chi connectivity index (χ2n) is 6.60. The van der Waals surface area contributed by atoms with Gasteiger partial charge in [-0.1, -0.05) is 42.0 Å². The van der Waals surface area contributed by atoms with Gasteiger partial charge in [0.15, 0.2) is 17.3 Å². The molecule has 8 heteroatoms. The molecule has 0 aliphatic rings. The third kappa shape index (κ3) is 3.71. The lowest BCUT2D eigenvalue weighted by molar-refractivity contribution is 0.0974. The van der Waals surface area contributed by atoms with Crippen molar-refractivity contribution in [1.29, 1.82) is 5.26 Å². The number of carbonyl (C=O) groups excluding carboxylic acids is 1. The van der Waals surface area contributed by atoms with E-state index in [9.17, 15) is 4.79 Å². The van der Waals surface area contributed by atoms with Crippen molar-refractivity contribution in [3.05, 3.63) is 59.7 Å². The smallest absolute Gasteiger partial charge is 0.202 e. The highest BCUT2D eigenvalue weighted by molar-refractivity contribution is 5.97. The van der Waals surface area contributed by atoms with Crippen molar-refractivity contribution in [2.75, 3.05) is 11.9 Å². The molecule has 144 valence electrons. The predicted molar refractivity (Wildman–Crippen MR) is 107 cm³/mol. The van der Waals surface area contributed by atoms with Gasteiger partial charge in [-0.3, -0.25) is 4.79 Å². The van der Waals surface area contributed by atoms with E-state index in [0.29, 0.717) is 35.9 Å². The number of rotatable bonds is 7. The Hall–Kier alpha value is -3.99. The van der Waals surface area contributed by atoms with Gasteiger partial charge in [-0.25, -0.2) is 9.61 Å². The van der Waals surface area contributed by atoms with E-state index in [1.54, 1.807) is 0 Å². The Morgan fingerprint density at radius 2 is 1.97 bits per heavy atom. The number of Topliss-reactive ketones (excluding diaryl/α,β-unsaturated/α-hetero) is 1. The van der Waals surface area contributed by atoms with Gasteiger partial charge >= 0.3 is 0 Å². The number of fused-ring (bicyclic) bond motifs is 1. The number of para-hydroxylation sites is 2. The summed E-state index contributed by atoms with van der Waals surface area (Å²) in [5.74, 6) is 0.830. The van der Waals surface area contributed by atoms with Gasteiger partial charge in [0.2, 0.25) is 5.82 Å². The van der Waals surface area contributed by atoms with Crippen LogP contribution in [0.5, 0.6) is 0 Å². The number of ketones is 1. The van der Waals surface area contributed by atoms with Crippen LogP contribution in [0.15, 0.2) is 53.2 Å². The van der Waals surface area contributed by atoms with Gasteiger partial charge in [-0.2, -0.15) is 5.26 Å². The SMILES string of the molecule is Cc1ccc(C(=O)Cn2c(-c3nonc3NCCC#N)nc3ccccc32)cc1. The fourth-order valence-corrected chi connectivity index (χ4v) is 3.08. The number of imidazole rings is 1. The van der Waals surface area contributed by atoms with Crippen molar-refractivity contribution < 1.29 is 9.42 Å². The van der Waals surface area contributed by atoms with E-state index in [-0.39, 0.29) is 12.3 Å². The number of hydrogen-bond acceptors (Lipinski definition) is 7. The van der Waals surface area contributed by atoms with Gasteiger partial charge in [0.1, 0.15) is 0 Å². The van der Waals surface area contributed by atoms with Crippen LogP contribution in [0.25, 0.3) is 22.6 Å². The quantitative estimate of drug-likeness (QED) is 0.382. The summed E-state index contributed by atoms with van der Waals surface area (Å²) in [6.45, 7) is 2.48. The number of anilines is 1. The summed E-state index contributed by atoms with van der Waals surface area (Å²) >= 11 is 0. The lowest BCUT2D eigenvalue weighted by atomic mass is 10.1. The number of benzene rings is 2. The first-order valence-corrected chi connectivity index (χ1v) is 9.16. The van der Waals surface area contributed by atoms with Crippen LogP contribution in [0.1, 0.15) is 22.3 Å². The first-order chi connectivity index (χ1) is 14.2. The Morgan fingerprint density at radius 3 is 2.76 bits per heavy atom. The van der Waals surface area contributed by atoms with Crippen LogP contribution in [0.3, 0.4) is 0 Å². The lowest BCUT2D eigenvalue weighted by Gasteiger charge is -2.08. The summed E-state index contributed by atoms with van der Waals surface area (Å²) in [5.41, 5.74) is 3.68. The van der Waals surface area contributed by atoms with Crippen LogP contribution in [0.2, 0.25) is 0 Å². The number of hydrogen-bond donors (Lipinski definition) is 1. The summed E-state index contributed by atoms with van der Waals surface area (Å²) in [5, 5.41) is 19.6. The zero-order valence-corrected chi connectivity index (χ0v) is 15.8. The van der Waals surface area contributed by atoms with Crippen LogP contribution >= 0.6 is 0 Å². The molecule has 0 atom stereocenters. The fourth-order valence-electron chi connectivity index (χ4n) is 3.08. The van der Waals surface area contributed by atoms with Crippen molar-refractivity contribution >= 4 is 22.6 Å². The Bertz CT molecular complexity index is 1200. The monoisotopic (exact) mass is 386 g/mol. The minimum atomic E-state index is -0.0372. The molecule has 2 heterocycles. The topological polar surface area (TPSA) is 110 Å². The Balaban J connectivity index is 1.74. The number of carbonyl (C=O) groups is 1. The average Bonchev–Trinajstić information content (AvgIpc) is 3.33. The van der Waals surface area contributed by atoms with Crippen molar-refractivity contribution in [2.24, 2.45) is 0 Å². The minimum Gasteiger partial charge on any atom is -0.364 e. The van der Waals surface area contributed by atoms with Crippen molar-refractivity contribution in [3.63, 3.8) is 0 Å². The average molecular weight is 386 g/mol. The maximum absolute atomic E-state index is 12.9. The Kier molecular flexibility index (Phi) is 5.03. The molecule has 2 aromatic heterocycles. The molecule has 29 heavy (non-hydrogen) atoms. The molecule has 0 fully saturated rings. The number of nitrogens with zero attached hydrogens (tertiary/aromatic N) is 5. The van der Waals surface area contributed by atoms with Crippen molar-refractivity contribution in [3.8, 4) is 17.6 Å². The Morgan fingerprint density at radius 1 is 1.17 bits per heavy atom. The number of nitrogens with one attached hydrogen (secondary N) is 1. The maximum Gasteiger partial charge on any atom is 0.202 e. The van der Waals surface area contributed by atoms with Crippen molar-refractivity contribution in [2.45, 2.75) is 19.9 Å². The summed E-state index contributed by atoms with van der Waals surface area (Å²) in [6.07, 6.45) is 0.314. The molecule has 0 aliphatic heterocycles. The van der Waals surface area contributed by atoms with Crippen LogP contribution in [-0.2, 0) is 6.54 Å². The fraction of sp³-hybridized carbons (Fsp3) is 0.190. The molecule has 4 rings (SSSR count). The highest BCUT2D eigenvalue weighted by atomic mass is 16.6. The van der Waals surface area contributed by atoms with Gasteiger partial charge in [-0.05, 0) is 29.4 Å². The van der Waals surface area contributed by atoms with Gasteiger partial charge in [0, 0.05) is 12.1 Å². The predicted octanol–water partition coefficient (Wildman–Crippen LogP) is 3.60. The lowest BCUT2D eigenvalue weighted by Crippen LogP contribution is -2.12. The summed E-state index contributed by atoms with van der Waals surface area (Å²) in [7, 11) is 0. The molecule has 0 radical (unpaired) electrons. The van der Waals surface area contributed by atoms with Gasteiger partial charge < -0.3 is 9.88 Å². The number of aryl methyl sites for hydroxylation is 1. The summed E-state index contributed by atoms with van der Waals surface area (Å²) < 4.78 is 6.71. The molecular formula is C21H18N6O2. The summed E-state index contributed by atoms with van der Waals surface area (Å²) in [6, 6.07) is 17.1. The minimum absolute atomic E-state index is 0.0372. The molecule has 0 aliphatic carbocycles. The first-order valence-electron chi connectivity index (χ1n) is 9.16. The first kappa shape index (κ1) is 18.4. The highest BCUT2D eigenvalue weighted by Crippen LogP contribution is 2.28. The second kappa shape index (κ2) is 7.94. The molecule has 0 unspecified atom stereocenters. The van der Waals surface area contributed by atoms with Crippen LogP contribution in [-0.4, -0.2) is 32.2 Å². The van der Waals surface area contributed by atoms with Crippen LogP contribution < -0.4 is 5.32 Å². The zero-order chi connectivity index (χ0) is 20.2. The second-order valence-corrected chi connectivity index (χ2v) is 6.60. The van der Waals surface area contributed by atoms with Gasteiger partial charge in [0.05, 0.1) is 30.1 Å². The van der Waals surface area contributed by atoms with E-state index in [0.717, 1.165) is 16.6 Å². The molecule has 4 aromatic rings. The van der Waals surface area contributed by atoms with Crippen LogP contribution in [0.4, 0.5) is 5.82 Å². The molecule has 0 saturated carbocycles. The third-order valence-electron chi connectivity index (χ3n) is 4.56. The molecule has 1 N–H and O–H groups in total. The third-order valence-corrected chi connectivity index (χ3v) is 4.56. The summed E-state index contributed by atoms with van der Waals surface area (Å²) in [4.78, 5) is 17.6. The van der Waals surface area contributed by atoms with E-state index in [4.69, 9.17) is 9.89 Å². The standard InChI is InChI=1S/C21H18N6O2/c1-14-7-9-15(10-8-14)18(28)13-27-17-6-3-2-5-16(17)24-21(27)19-20(26-29-25-19)23-12-4-11-22/h2-3,5-10H,4,12-13H2,1H3,(H,23,26). The zero-order valence-electron chi connectivity index (χ0n) is 15.8. The Labute approximate surface area is 166 Å². The van der Waals surface area contributed by atoms with E-state index in [1.165, 1.54) is 0 Å². The molecule has 8 nitrogen and oxygen atoms in total. The van der Waals surface area contributed by atoms with E-state index in [1.807, 2.05) is 60.0 Å². The number of nitriles is 1. The molecule has 0 saturated heterocycles. The number of aromatic nitrogens is 4. The highest BCUT2D eigenvalue weighted by Gasteiger charge is 2.22. The van der Waals surface area contributed by atoms with E-state index in [2.05, 4.69) is 26.7 Å². The van der Waals surface area contributed by atoms with Crippen molar-refractivity contribution in [1.82, 2.24) is 19.9 Å². The maximum atomic E-state index is 12.9. The molecular weight excluding hydrogens is 368 g/mol. The van der Waals surface area contributed by atoms with Gasteiger partial charge in [-0.15, -0.1) is 0 Å². The molecule has 0 amide bonds.